The number of nitrogens with two attached hydrogens (primary N) is 1. The van der Waals surface area contributed by atoms with Gasteiger partial charge in [0.25, 0.3) is 0 Å². The fourth-order valence-corrected chi connectivity index (χ4v) is 3.12. The molecule has 0 radical (unpaired) electrons. The van der Waals surface area contributed by atoms with Crippen LogP contribution in [0.5, 0.6) is 0 Å². The van der Waals surface area contributed by atoms with Crippen molar-refractivity contribution in [1.82, 2.24) is 10.2 Å². The molecule has 0 aliphatic carbocycles. The van der Waals surface area contributed by atoms with Crippen LogP contribution in [0.1, 0.15) is 24.0 Å². The molecule has 0 bridgehead atoms. The maximum Gasteiger partial charge on any atom is 0.189 e. The number of morpholine rings is 1. The van der Waals surface area contributed by atoms with Crippen molar-refractivity contribution < 1.29 is 9.47 Å². The van der Waals surface area contributed by atoms with E-state index in [0.29, 0.717) is 12.5 Å². The van der Waals surface area contributed by atoms with Gasteiger partial charge in [-0.3, -0.25) is 4.90 Å². The van der Waals surface area contributed by atoms with E-state index in [0.717, 1.165) is 58.8 Å². The first kappa shape index (κ1) is 20.2. The zero-order valence-corrected chi connectivity index (χ0v) is 16.4. The van der Waals surface area contributed by atoms with E-state index in [-0.39, 0.29) is 23.1 Å². The predicted molar refractivity (Wildman–Crippen MR) is 105 cm³/mol. The smallest absolute Gasteiger partial charge is 0.189 e. The largest absolute Gasteiger partial charge is 0.379 e. The predicted octanol–water partition coefficient (Wildman–Crippen LogP) is 1.68. The molecule has 0 saturated carbocycles. The van der Waals surface area contributed by atoms with Crippen molar-refractivity contribution in [3.05, 3.63) is 35.4 Å². The van der Waals surface area contributed by atoms with E-state index in [4.69, 9.17) is 15.2 Å². The van der Waals surface area contributed by atoms with Gasteiger partial charge in [-0.1, -0.05) is 24.3 Å². The Bertz CT molecular complexity index is 544. The first-order valence-electron chi connectivity index (χ1n) is 8.83. The van der Waals surface area contributed by atoms with E-state index in [1.807, 2.05) is 0 Å². The Kier molecular flexibility index (Phi) is 8.67. The molecule has 1 aromatic rings. The molecule has 2 aliphatic heterocycles. The second-order valence-corrected chi connectivity index (χ2v) is 6.37. The molecule has 140 valence electrons. The third kappa shape index (κ3) is 6.58. The molecule has 1 aromatic carbocycles. The van der Waals surface area contributed by atoms with Crippen molar-refractivity contribution in [3.63, 3.8) is 0 Å². The summed E-state index contributed by atoms with van der Waals surface area (Å²) in [5, 5.41) is 3.17. The number of hydrogen-bond acceptors (Lipinski definition) is 4. The Balaban J connectivity index is 0.00000225. The van der Waals surface area contributed by atoms with E-state index in [1.165, 1.54) is 11.1 Å². The summed E-state index contributed by atoms with van der Waals surface area (Å²) < 4.78 is 11.0. The summed E-state index contributed by atoms with van der Waals surface area (Å²) >= 11 is 0. The van der Waals surface area contributed by atoms with Crippen LogP contribution in [0.4, 0.5) is 0 Å². The van der Waals surface area contributed by atoms with Crippen LogP contribution in [0.15, 0.2) is 29.3 Å². The molecule has 0 spiro atoms. The zero-order chi connectivity index (χ0) is 16.6. The van der Waals surface area contributed by atoms with Crippen molar-refractivity contribution in [3.8, 4) is 0 Å². The third-order valence-corrected chi connectivity index (χ3v) is 4.57. The normalized spacial score (nSPS) is 21.8. The third-order valence-electron chi connectivity index (χ3n) is 4.57. The fourth-order valence-electron chi connectivity index (χ4n) is 3.12. The minimum absolute atomic E-state index is 0. The first-order chi connectivity index (χ1) is 11.8. The molecule has 2 saturated heterocycles. The van der Waals surface area contributed by atoms with Crippen LogP contribution in [-0.4, -0.2) is 56.4 Å². The summed E-state index contributed by atoms with van der Waals surface area (Å²) in [5.74, 6) is 0.492. The van der Waals surface area contributed by atoms with Crippen molar-refractivity contribution >= 4 is 22.9 Å². The molecular formula is C18H29BrN4O2. The fraction of sp³-hybridized carbons (Fsp3) is 0.611. The number of benzene rings is 1. The number of halogens is 1. The number of nitrogens with one attached hydrogen (secondary N) is 1. The standard InChI is InChI=1S/C18H28N4O2.BrH/c19-18(21-13-17-6-3-9-24-17)20-12-15-4-1-2-5-16(15)14-22-7-10-23-11-8-22;/h1-2,4-5,17H,3,6-14H2,(H3,19,20,21);1H. The average Bonchev–Trinajstić information content (AvgIpc) is 3.14. The van der Waals surface area contributed by atoms with Crippen LogP contribution in [0.3, 0.4) is 0 Å². The van der Waals surface area contributed by atoms with Gasteiger partial charge in [0, 0.05) is 32.8 Å². The molecule has 7 heteroatoms. The minimum Gasteiger partial charge on any atom is -0.379 e. The monoisotopic (exact) mass is 412 g/mol. The summed E-state index contributed by atoms with van der Waals surface area (Å²) in [6.07, 6.45) is 2.51. The van der Waals surface area contributed by atoms with E-state index in [2.05, 4.69) is 39.5 Å². The van der Waals surface area contributed by atoms with Gasteiger partial charge in [0.15, 0.2) is 5.96 Å². The summed E-state index contributed by atoms with van der Waals surface area (Å²) in [6, 6.07) is 8.45. The lowest BCUT2D eigenvalue weighted by atomic mass is 10.1. The maximum atomic E-state index is 5.99. The number of aliphatic imine (C=N–C) groups is 1. The second-order valence-electron chi connectivity index (χ2n) is 6.37. The molecule has 0 aromatic heterocycles. The summed E-state index contributed by atoms with van der Waals surface area (Å²) in [5.41, 5.74) is 8.53. The van der Waals surface area contributed by atoms with Gasteiger partial charge in [0.2, 0.25) is 0 Å². The van der Waals surface area contributed by atoms with Gasteiger partial charge >= 0.3 is 0 Å². The van der Waals surface area contributed by atoms with Gasteiger partial charge in [-0.25, -0.2) is 4.99 Å². The van der Waals surface area contributed by atoms with Crippen LogP contribution in [0.2, 0.25) is 0 Å². The highest BCUT2D eigenvalue weighted by atomic mass is 79.9. The molecule has 1 unspecified atom stereocenters. The molecule has 3 N–H and O–H groups in total. The van der Waals surface area contributed by atoms with E-state index in [9.17, 15) is 0 Å². The van der Waals surface area contributed by atoms with E-state index < -0.39 is 0 Å². The highest BCUT2D eigenvalue weighted by molar-refractivity contribution is 8.93. The van der Waals surface area contributed by atoms with Gasteiger partial charge < -0.3 is 20.5 Å². The van der Waals surface area contributed by atoms with Crippen LogP contribution >= 0.6 is 17.0 Å². The van der Waals surface area contributed by atoms with Crippen LogP contribution in [0, 0.1) is 0 Å². The Labute approximate surface area is 160 Å². The van der Waals surface area contributed by atoms with Crippen LogP contribution in [0.25, 0.3) is 0 Å². The lowest BCUT2D eigenvalue weighted by molar-refractivity contribution is 0.0341. The molecule has 2 aliphatic rings. The van der Waals surface area contributed by atoms with Crippen molar-refractivity contribution in [1.29, 1.82) is 0 Å². The number of ether oxygens (including phenoxy) is 2. The van der Waals surface area contributed by atoms with E-state index in [1.54, 1.807) is 0 Å². The highest BCUT2D eigenvalue weighted by Gasteiger charge is 2.15. The Morgan fingerprint density at radius 2 is 1.96 bits per heavy atom. The SMILES string of the molecule is Br.NC(=NCc1ccccc1CN1CCOCC1)NCC1CCCO1. The molecule has 6 nitrogen and oxygen atoms in total. The highest BCUT2D eigenvalue weighted by Crippen LogP contribution is 2.14. The maximum absolute atomic E-state index is 5.99. The number of guanidine groups is 1. The molecule has 2 fully saturated rings. The quantitative estimate of drug-likeness (QED) is 0.549. The van der Waals surface area contributed by atoms with E-state index >= 15 is 0 Å². The first-order valence-corrected chi connectivity index (χ1v) is 8.83. The topological polar surface area (TPSA) is 72.1 Å². The average molecular weight is 413 g/mol. The van der Waals surface area contributed by atoms with Crippen LogP contribution in [-0.2, 0) is 22.6 Å². The minimum atomic E-state index is 0. The second kappa shape index (κ2) is 10.8. The molecule has 25 heavy (non-hydrogen) atoms. The zero-order valence-electron chi connectivity index (χ0n) is 14.7. The number of nitrogens with zero attached hydrogens (tertiary/aromatic N) is 2. The lowest BCUT2D eigenvalue weighted by Crippen LogP contribution is -2.37. The lowest BCUT2D eigenvalue weighted by Gasteiger charge is -2.27. The number of hydrogen-bond donors (Lipinski definition) is 2. The van der Waals surface area contributed by atoms with Gasteiger partial charge in [0.1, 0.15) is 0 Å². The molecule has 1 atom stereocenters. The summed E-state index contributed by atoms with van der Waals surface area (Å²) in [4.78, 5) is 6.92. The molecular weight excluding hydrogens is 384 g/mol. The summed E-state index contributed by atoms with van der Waals surface area (Å²) in [6.45, 7) is 6.76. The van der Waals surface area contributed by atoms with Gasteiger partial charge in [-0.15, -0.1) is 17.0 Å². The molecule has 2 heterocycles. The van der Waals surface area contributed by atoms with Crippen molar-refractivity contribution in [2.75, 3.05) is 39.5 Å². The Morgan fingerprint density at radius 1 is 1.20 bits per heavy atom. The Morgan fingerprint density at radius 3 is 2.68 bits per heavy atom. The van der Waals surface area contributed by atoms with Gasteiger partial charge in [0.05, 0.1) is 25.9 Å². The Hall–Kier alpha value is -1.15. The molecule has 3 rings (SSSR count). The van der Waals surface area contributed by atoms with Crippen molar-refractivity contribution in [2.24, 2.45) is 10.7 Å². The molecule has 0 amide bonds. The van der Waals surface area contributed by atoms with Gasteiger partial charge in [-0.05, 0) is 24.0 Å². The summed E-state index contributed by atoms with van der Waals surface area (Å²) in [7, 11) is 0. The van der Waals surface area contributed by atoms with Crippen LogP contribution < -0.4 is 11.1 Å². The van der Waals surface area contributed by atoms with Gasteiger partial charge in [-0.2, -0.15) is 0 Å². The number of rotatable bonds is 6. The van der Waals surface area contributed by atoms with Crippen molar-refractivity contribution in [2.45, 2.75) is 32.0 Å².